The van der Waals surface area contributed by atoms with E-state index >= 15 is 0 Å². The minimum atomic E-state index is -3.98. The first-order valence-electron chi connectivity index (χ1n) is 12.6. The van der Waals surface area contributed by atoms with Crippen LogP contribution in [0.25, 0.3) is 0 Å². The molecule has 2 unspecified atom stereocenters. The van der Waals surface area contributed by atoms with Gasteiger partial charge in [0.2, 0.25) is 0 Å². The third kappa shape index (κ3) is 19.6. The SMILES string of the molecule is CCCCCCCCCCCC(CCCC(O)CCCCCCCC)S(=O)(=O)O. The molecule has 0 heterocycles. The van der Waals surface area contributed by atoms with Gasteiger partial charge < -0.3 is 5.11 Å². The molecular weight excluding hydrogens is 384 g/mol. The molecule has 5 heteroatoms. The van der Waals surface area contributed by atoms with Crippen molar-refractivity contribution in [3.05, 3.63) is 0 Å². The lowest BCUT2D eigenvalue weighted by molar-refractivity contribution is 0.147. The van der Waals surface area contributed by atoms with Crippen LogP contribution in [0.1, 0.15) is 142 Å². The number of rotatable bonds is 22. The summed E-state index contributed by atoms with van der Waals surface area (Å²) in [4.78, 5) is 0. The van der Waals surface area contributed by atoms with E-state index in [9.17, 15) is 18.1 Å². The van der Waals surface area contributed by atoms with Crippen LogP contribution in [0.5, 0.6) is 0 Å². The van der Waals surface area contributed by atoms with Crippen LogP contribution in [0.15, 0.2) is 0 Å². The summed E-state index contributed by atoms with van der Waals surface area (Å²) in [5.74, 6) is 0. The van der Waals surface area contributed by atoms with E-state index < -0.39 is 15.4 Å². The van der Waals surface area contributed by atoms with Crippen molar-refractivity contribution in [2.24, 2.45) is 0 Å². The van der Waals surface area contributed by atoms with Crippen LogP contribution in [0.4, 0.5) is 0 Å². The largest absolute Gasteiger partial charge is 0.393 e. The second kappa shape index (κ2) is 19.8. The number of aliphatic hydroxyl groups excluding tert-OH is 1. The van der Waals surface area contributed by atoms with Crippen LogP contribution < -0.4 is 0 Å². The Morgan fingerprint density at radius 1 is 0.552 bits per heavy atom. The number of hydrogen-bond acceptors (Lipinski definition) is 3. The fourth-order valence-corrected chi connectivity index (χ4v) is 4.94. The molecule has 2 atom stereocenters. The molecule has 0 aliphatic carbocycles. The van der Waals surface area contributed by atoms with Crippen LogP contribution in [0.3, 0.4) is 0 Å². The van der Waals surface area contributed by atoms with Gasteiger partial charge >= 0.3 is 0 Å². The van der Waals surface area contributed by atoms with Gasteiger partial charge in [0.25, 0.3) is 10.1 Å². The molecule has 0 aromatic heterocycles. The lowest BCUT2D eigenvalue weighted by atomic mass is 10.0. The van der Waals surface area contributed by atoms with Crippen LogP contribution in [0, 0.1) is 0 Å². The van der Waals surface area contributed by atoms with Gasteiger partial charge in [0.1, 0.15) is 0 Å². The molecule has 0 fully saturated rings. The number of hydrogen-bond donors (Lipinski definition) is 2. The lowest BCUT2D eigenvalue weighted by Gasteiger charge is -2.15. The quantitative estimate of drug-likeness (QED) is 0.137. The molecule has 0 bridgehead atoms. The summed E-state index contributed by atoms with van der Waals surface area (Å²) in [6, 6.07) is 0. The van der Waals surface area contributed by atoms with E-state index in [0.29, 0.717) is 25.7 Å². The zero-order valence-corrected chi connectivity index (χ0v) is 20.2. The second-order valence-electron chi connectivity index (χ2n) is 8.90. The average Bonchev–Trinajstić information content (AvgIpc) is 2.67. The van der Waals surface area contributed by atoms with Crippen molar-refractivity contribution in [3.8, 4) is 0 Å². The molecule has 0 aliphatic rings. The maximum Gasteiger partial charge on any atom is 0.267 e. The molecule has 2 N–H and O–H groups in total. The Bertz CT molecular complexity index is 436. The molecular formula is C24H50O4S. The zero-order valence-electron chi connectivity index (χ0n) is 19.4. The van der Waals surface area contributed by atoms with Crippen molar-refractivity contribution >= 4 is 10.1 Å². The smallest absolute Gasteiger partial charge is 0.267 e. The topological polar surface area (TPSA) is 74.6 Å². The summed E-state index contributed by atoms with van der Waals surface area (Å²) in [6.45, 7) is 4.43. The first kappa shape index (κ1) is 28.9. The van der Waals surface area contributed by atoms with Crippen LogP contribution in [-0.2, 0) is 10.1 Å². The van der Waals surface area contributed by atoms with E-state index in [1.54, 1.807) is 0 Å². The molecule has 4 nitrogen and oxygen atoms in total. The molecule has 0 spiro atoms. The maximum absolute atomic E-state index is 11.7. The second-order valence-corrected chi connectivity index (χ2v) is 10.6. The highest BCUT2D eigenvalue weighted by molar-refractivity contribution is 7.86. The Morgan fingerprint density at radius 3 is 1.34 bits per heavy atom. The minimum absolute atomic E-state index is 0.337. The molecule has 0 aromatic carbocycles. The standard InChI is InChI=1S/C24H50O4S/c1-3-5-7-9-11-12-13-15-17-21-24(29(26,27)28)22-18-20-23(25)19-16-14-10-8-6-4-2/h23-25H,3-22H2,1-2H3,(H,26,27,28). The van der Waals surface area contributed by atoms with Crippen molar-refractivity contribution in [1.82, 2.24) is 0 Å². The fraction of sp³-hybridized carbons (Fsp3) is 1.00. The molecule has 0 saturated carbocycles. The predicted octanol–water partition coefficient (Wildman–Crippen LogP) is 7.45. The summed E-state index contributed by atoms with van der Waals surface area (Å²) >= 11 is 0. The molecule has 29 heavy (non-hydrogen) atoms. The molecule has 0 saturated heterocycles. The van der Waals surface area contributed by atoms with E-state index in [0.717, 1.165) is 32.1 Å². The lowest BCUT2D eigenvalue weighted by Crippen LogP contribution is -2.21. The molecule has 0 aliphatic heterocycles. The number of aliphatic hydroxyl groups is 1. The highest BCUT2D eigenvalue weighted by Crippen LogP contribution is 2.20. The Kier molecular flexibility index (Phi) is 19.7. The molecule has 0 amide bonds. The third-order valence-electron chi connectivity index (χ3n) is 6.01. The van der Waals surface area contributed by atoms with Crippen molar-refractivity contribution in [1.29, 1.82) is 0 Å². The molecule has 0 rings (SSSR count). The van der Waals surface area contributed by atoms with Gasteiger partial charge in [-0.2, -0.15) is 8.42 Å². The van der Waals surface area contributed by atoms with E-state index in [-0.39, 0.29) is 6.10 Å². The normalized spacial score (nSPS) is 14.2. The zero-order chi connectivity index (χ0) is 21.8. The minimum Gasteiger partial charge on any atom is -0.393 e. The Hall–Kier alpha value is -0.130. The fourth-order valence-electron chi connectivity index (χ4n) is 4.01. The van der Waals surface area contributed by atoms with Gasteiger partial charge in [-0.1, -0.05) is 110 Å². The first-order valence-corrected chi connectivity index (χ1v) is 14.1. The van der Waals surface area contributed by atoms with Gasteiger partial charge in [0.05, 0.1) is 11.4 Å². The first-order chi connectivity index (χ1) is 13.9. The average molecular weight is 435 g/mol. The van der Waals surface area contributed by atoms with Crippen molar-refractivity contribution in [3.63, 3.8) is 0 Å². The van der Waals surface area contributed by atoms with Crippen molar-refractivity contribution in [2.75, 3.05) is 0 Å². The molecule has 176 valence electrons. The Balaban J connectivity index is 3.81. The van der Waals surface area contributed by atoms with Crippen LogP contribution in [0.2, 0.25) is 0 Å². The van der Waals surface area contributed by atoms with Gasteiger partial charge in [-0.3, -0.25) is 4.55 Å². The number of unbranched alkanes of at least 4 members (excludes halogenated alkanes) is 13. The summed E-state index contributed by atoms with van der Waals surface area (Å²) < 4.78 is 32.8. The summed E-state index contributed by atoms with van der Waals surface area (Å²) in [7, 11) is -3.98. The van der Waals surface area contributed by atoms with E-state index in [1.165, 1.54) is 70.6 Å². The monoisotopic (exact) mass is 434 g/mol. The maximum atomic E-state index is 11.7. The summed E-state index contributed by atoms with van der Waals surface area (Å²) in [5.41, 5.74) is 0. The van der Waals surface area contributed by atoms with Crippen molar-refractivity contribution < 1.29 is 18.1 Å². The Morgan fingerprint density at radius 2 is 0.897 bits per heavy atom. The summed E-state index contributed by atoms with van der Waals surface area (Å²) in [5, 5.41) is 9.45. The van der Waals surface area contributed by atoms with Crippen molar-refractivity contribution in [2.45, 2.75) is 154 Å². The highest BCUT2D eigenvalue weighted by Gasteiger charge is 2.22. The molecule has 0 aromatic rings. The van der Waals surface area contributed by atoms with Crippen LogP contribution >= 0.6 is 0 Å². The van der Waals surface area contributed by atoms with Gasteiger partial charge in [-0.15, -0.1) is 0 Å². The van der Waals surface area contributed by atoms with Crippen LogP contribution in [-0.4, -0.2) is 29.4 Å². The summed E-state index contributed by atoms with van der Waals surface area (Å²) in [6.07, 6.45) is 20.8. The van der Waals surface area contributed by atoms with Gasteiger partial charge in [0.15, 0.2) is 0 Å². The highest BCUT2D eigenvalue weighted by atomic mass is 32.2. The van der Waals surface area contributed by atoms with E-state index in [4.69, 9.17) is 0 Å². The van der Waals surface area contributed by atoms with Gasteiger partial charge in [-0.25, -0.2) is 0 Å². The predicted molar refractivity (Wildman–Crippen MR) is 125 cm³/mol. The third-order valence-corrected chi connectivity index (χ3v) is 7.32. The van der Waals surface area contributed by atoms with E-state index in [1.807, 2.05) is 0 Å². The van der Waals surface area contributed by atoms with Gasteiger partial charge in [0, 0.05) is 0 Å². The molecule has 0 radical (unpaired) electrons. The Labute approximate surface area is 182 Å². The van der Waals surface area contributed by atoms with E-state index in [2.05, 4.69) is 13.8 Å². The van der Waals surface area contributed by atoms with Gasteiger partial charge in [-0.05, 0) is 32.1 Å².